The van der Waals surface area contributed by atoms with Gasteiger partial charge < -0.3 is 20.3 Å². The molecule has 0 aromatic carbocycles. The standard InChI is InChI=1S/C22H33N9O/c1-6-32-10-9-31-20-19(18(29-31)14(2)3)27-22(30-11-15(4)25-16(5)12-30)28-21(20)26-17-7-8-23-13-24-17/h7-8,13-16,25H,6,9-12H2,1-5H3,(H,23,24,26,27,28)/t15-,16-/m1/s1. The molecule has 10 nitrogen and oxygen atoms in total. The first kappa shape index (κ1) is 22.3. The predicted molar refractivity (Wildman–Crippen MR) is 125 cm³/mol. The summed E-state index contributed by atoms with van der Waals surface area (Å²) in [5.41, 5.74) is 2.70. The van der Waals surface area contributed by atoms with Crippen LogP contribution in [0.25, 0.3) is 11.0 Å². The Morgan fingerprint density at radius 2 is 2.00 bits per heavy atom. The largest absolute Gasteiger partial charge is 0.380 e. The Morgan fingerprint density at radius 1 is 1.22 bits per heavy atom. The highest BCUT2D eigenvalue weighted by Gasteiger charge is 2.26. The summed E-state index contributed by atoms with van der Waals surface area (Å²) in [6, 6.07) is 2.54. The van der Waals surface area contributed by atoms with E-state index in [1.165, 1.54) is 6.33 Å². The minimum atomic E-state index is 0.223. The zero-order valence-electron chi connectivity index (χ0n) is 19.5. The van der Waals surface area contributed by atoms with E-state index >= 15 is 0 Å². The van der Waals surface area contributed by atoms with Crippen LogP contribution in [0.4, 0.5) is 17.6 Å². The minimum Gasteiger partial charge on any atom is -0.380 e. The normalized spacial score (nSPS) is 19.1. The number of aromatic nitrogens is 6. The van der Waals surface area contributed by atoms with Crippen LogP contribution >= 0.6 is 0 Å². The van der Waals surface area contributed by atoms with Gasteiger partial charge in [-0.1, -0.05) is 13.8 Å². The fourth-order valence-corrected chi connectivity index (χ4v) is 4.14. The summed E-state index contributed by atoms with van der Waals surface area (Å²) in [7, 11) is 0. The summed E-state index contributed by atoms with van der Waals surface area (Å²) in [5, 5.41) is 11.9. The van der Waals surface area contributed by atoms with Crippen molar-refractivity contribution >= 4 is 28.6 Å². The lowest BCUT2D eigenvalue weighted by Crippen LogP contribution is -2.54. The highest BCUT2D eigenvalue weighted by molar-refractivity contribution is 5.90. The van der Waals surface area contributed by atoms with Crippen LogP contribution in [-0.4, -0.2) is 68.1 Å². The molecule has 0 saturated carbocycles. The van der Waals surface area contributed by atoms with Gasteiger partial charge in [-0.05, 0) is 32.8 Å². The van der Waals surface area contributed by atoms with E-state index in [0.717, 1.165) is 29.8 Å². The van der Waals surface area contributed by atoms with E-state index in [1.807, 2.05) is 17.7 Å². The molecule has 0 radical (unpaired) electrons. The van der Waals surface area contributed by atoms with E-state index in [2.05, 4.69) is 53.2 Å². The fourth-order valence-electron chi connectivity index (χ4n) is 4.14. The van der Waals surface area contributed by atoms with Crippen LogP contribution in [0.2, 0.25) is 0 Å². The summed E-state index contributed by atoms with van der Waals surface area (Å²) in [4.78, 5) is 20.6. The van der Waals surface area contributed by atoms with Gasteiger partial charge >= 0.3 is 0 Å². The number of fused-ring (bicyclic) bond motifs is 1. The number of ether oxygens (including phenoxy) is 1. The average molecular weight is 440 g/mol. The zero-order valence-corrected chi connectivity index (χ0v) is 19.5. The molecular weight excluding hydrogens is 406 g/mol. The maximum absolute atomic E-state index is 5.60. The molecule has 4 heterocycles. The zero-order chi connectivity index (χ0) is 22.7. The lowest BCUT2D eigenvalue weighted by atomic mass is 10.1. The van der Waals surface area contributed by atoms with E-state index in [9.17, 15) is 0 Å². The molecule has 0 amide bonds. The number of hydrogen-bond acceptors (Lipinski definition) is 9. The van der Waals surface area contributed by atoms with Crippen LogP contribution in [-0.2, 0) is 11.3 Å². The second-order valence-electron chi connectivity index (χ2n) is 8.62. The highest BCUT2D eigenvalue weighted by Crippen LogP contribution is 2.31. The van der Waals surface area contributed by atoms with Gasteiger partial charge in [0.1, 0.15) is 23.2 Å². The van der Waals surface area contributed by atoms with E-state index in [1.54, 1.807) is 6.20 Å². The molecular formula is C22H33N9O. The van der Waals surface area contributed by atoms with Crippen LogP contribution < -0.4 is 15.5 Å². The first-order chi connectivity index (χ1) is 15.5. The Balaban J connectivity index is 1.84. The topological polar surface area (TPSA) is 106 Å². The first-order valence-corrected chi connectivity index (χ1v) is 11.4. The van der Waals surface area contributed by atoms with E-state index in [0.29, 0.717) is 49.4 Å². The van der Waals surface area contributed by atoms with Crippen molar-refractivity contribution in [3.05, 3.63) is 24.3 Å². The van der Waals surface area contributed by atoms with Crippen molar-refractivity contribution in [2.45, 2.75) is 59.2 Å². The lowest BCUT2D eigenvalue weighted by Gasteiger charge is -2.36. The molecule has 0 bridgehead atoms. The van der Waals surface area contributed by atoms with E-state index < -0.39 is 0 Å². The van der Waals surface area contributed by atoms with Crippen LogP contribution in [0.3, 0.4) is 0 Å². The molecule has 172 valence electrons. The summed E-state index contributed by atoms with van der Waals surface area (Å²) < 4.78 is 7.55. The molecule has 2 atom stereocenters. The van der Waals surface area contributed by atoms with Crippen molar-refractivity contribution in [2.75, 3.05) is 36.5 Å². The van der Waals surface area contributed by atoms with Gasteiger partial charge in [-0.15, -0.1) is 0 Å². The molecule has 32 heavy (non-hydrogen) atoms. The van der Waals surface area contributed by atoms with Gasteiger partial charge in [-0.25, -0.2) is 15.0 Å². The van der Waals surface area contributed by atoms with Crippen molar-refractivity contribution in [3.63, 3.8) is 0 Å². The number of nitrogens with zero attached hydrogens (tertiary/aromatic N) is 7. The lowest BCUT2D eigenvalue weighted by molar-refractivity contribution is 0.137. The third-order valence-electron chi connectivity index (χ3n) is 5.47. The smallest absolute Gasteiger partial charge is 0.228 e. The molecule has 2 N–H and O–H groups in total. The summed E-state index contributed by atoms with van der Waals surface area (Å²) in [5.74, 6) is 2.30. The predicted octanol–water partition coefficient (Wildman–Crippen LogP) is 2.71. The van der Waals surface area contributed by atoms with Gasteiger partial charge in [0.2, 0.25) is 5.95 Å². The third-order valence-corrected chi connectivity index (χ3v) is 5.47. The molecule has 1 fully saturated rings. The second kappa shape index (κ2) is 9.74. The van der Waals surface area contributed by atoms with Crippen molar-refractivity contribution < 1.29 is 4.74 Å². The van der Waals surface area contributed by atoms with Crippen LogP contribution in [0, 0.1) is 0 Å². The second-order valence-corrected chi connectivity index (χ2v) is 8.62. The monoisotopic (exact) mass is 439 g/mol. The van der Waals surface area contributed by atoms with Gasteiger partial charge in [0.25, 0.3) is 0 Å². The quantitative estimate of drug-likeness (QED) is 0.512. The molecule has 4 rings (SSSR count). The Kier molecular flexibility index (Phi) is 6.80. The van der Waals surface area contributed by atoms with E-state index in [4.69, 9.17) is 19.8 Å². The van der Waals surface area contributed by atoms with Gasteiger partial charge in [-0.3, -0.25) is 4.68 Å². The summed E-state index contributed by atoms with van der Waals surface area (Å²) >= 11 is 0. The van der Waals surface area contributed by atoms with Crippen molar-refractivity contribution in [1.29, 1.82) is 0 Å². The molecule has 0 spiro atoms. The van der Waals surface area contributed by atoms with Gasteiger partial charge in [0, 0.05) is 38.0 Å². The molecule has 0 unspecified atom stereocenters. The SMILES string of the molecule is CCOCCn1nc(C(C)C)c2nc(N3C[C@@H](C)N[C@H](C)C3)nc(Nc3ccncn3)c21. The number of rotatable bonds is 8. The molecule has 1 saturated heterocycles. The maximum atomic E-state index is 5.60. The van der Waals surface area contributed by atoms with Crippen LogP contribution in [0.5, 0.6) is 0 Å². The van der Waals surface area contributed by atoms with E-state index in [-0.39, 0.29) is 5.92 Å². The molecule has 1 aliphatic rings. The molecule has 3 aromatic heterocycles. The number of hydrogen-bond donors (Lipinski definition) is 2. The maximum Gasteiger partial charge on any atom is 0.228 e. The van der Waals surface area contributed by atoms with Crippen molar-refractivity contribution in [1.82, 2.24) is 35.0 Å². The summed E-state index contributed by atoms with van der Waals surface area (Å²) in [6.45, 7) is 14.2. The van der Waals surface area contributed by atoms with Gasteiger partial charge in [0.15, 0.2) is 5.82 Å². The van der Waals surface area contributed by atoms with Crippen LogP contribution in [0.15, 0.2) is 18.6 Å². The molecule has 10 heteroatoms. The fraction of sp³-hybridized carbons (Fsp3) is 0.591. The Hall–Kier alpha value is -2.85. The van der Waals surface area contributed by atoms with Crippen molar-refractivity contribution in [2.24, 2.45) is 0 Å². The molecule has 3 aromatic rings. The van der Waals surface area contributed by atoms with Gasteiger partial charge in [-0.2, -0.15) is 10.1 Å². The number of piperazine rings is 1. The first-order valence-electron chi connectivity index (χ1n) is 11.4. The Bertz CT molecular complexity index is 1030. The van der Waals surface area contributed by atoms with Gasteiger partial charge in [0.05, 0.1) is 18.8 Å². The van der Waals surface area contributed by atoms with Crippen LogP contribution in [0.1, 0.15) is 46.2 Å². The van der Waals surface area contributed by atoms with Crippen molar-refractivity contribution in [3.8, 4) is 0 Å². The Morgan fingerprint density at radius 3 is 2.66 bits per heavy atom. The molecule has 0 aliphatic carbocycles. The molecule has 1 aliphatic heterocycles. The third kappa shape index (κ3) is 4.81. The summed E-state index contributed by atoms with van der Waals surface area (Å²) in [6.07, 6.45) is 3.23. The minimum absolute atomic E-state index is 0.223. The average Bonchev–Trinajstić information content (AvgIpc) is 3.13. The highest BCUT2D eigenvalue weighted by atomic mass is 16.5. The number of anilines is 3. The number of nitrogens with one attached hydrogen (secondary N) is 2. The Labute approximate surface area is 188 Å².